The van der Waals surface area contributed by atoms with E-state index in [0.717, 1.165) is 0 Å². The van der Waals surface area contributed by atoms with Crippen molar-refractivity contribution >= 4 is 16.9 Å². The van der Waals surface area contributed by atoms with Crippen molar-refractivity contribution in [3.8, 4) is 29.1 Å². The van der Waals surface area contributed by atoms with E-state index in [0.29, 0.717) is 50.2 Å². The quantitative estimate of drug-likeness (QED) is 0.367. The third-order valence-electron chi connectivity index (χ3n) is 5.27. The molecule has 2 aliphatic rings. The number of hydrogen-bond donors (Lipinski definition) is 1. The topological polar surface area (TPSA) is 97.8 Å². The highest BCUT2D eigenvalue weighted by molar-refractivity contribution is 6.33. The van der Waals surface area contributed by atoms with Crippen molar-refractivity contribution in [2.24, 2.45) is 0 Å². The van der Waals surface area contributed by atoms with Gasteiger partial charge in [0.1, 0.15) is 23.5 Å². The minimum absolute atomic E-state index is 0.0623. The van der Waals surface area contributed by atoms with Gasteiger partial charge in [-0.2, -0.15) is 10.5 Å². The fraction of sp³-hybridized carbons (Fsp3) is 0. The number of fused-ring (bicyclic) bond motifs is 4. The molecule has 0 bridgehead atoms. The number of hydrogen-bond acceptors (Lipinski definition) is 5. The highest BCUT2D eigenvalue weighted by Gasteiger charge is 2.39. The molecule has 0 unspecified atom stereocenters. The summed E-state index contributed by atoms with van der Waals surface area (Å²) in [6.45, 7) is 0. The summed E-state index contributed by atoms with van der Waals surface area (Å²) in [6.07, 6.45) is 1.63. The summed E-state index contributed by atoms with van der Waals surface area (Å²) in [5.41, 5.74) is 4.56. The molecule has 0 amide bonds. The number of pyridine rings is 1. The van der Waals surface area contributed by atoms with Crippen LogP contribution >= 0.6 is 0 Å². The van der Waals surface area contributed by atoms with Crippen LogP contribution in [0.15, 0.2) is 71.9 Å². The smallest absolute Gasteiger partial charge is 0.194 e. The first kappa shape index (κ1) is 16.7. The molecule has 5 nitrogen and oxygen atoms in total. The summed E-state index contributed by atoms with van der Waals surface area (Å²) < 4.78 is 0. The molecule has 0 saturated heterocycles. The van der Waals surface area contributed by atoms with E-state index in [2.05, 4.69) is 4.98 Å². The molecule has 3 aromatic rings. The number of nitriles is 2. The van der Waals surface area contributed by atoms with E-state index in [1.54, 1.807) is 48.7 Å². The van der Waals surface area contributed by atoms with Crippen LogP contribution in [-0.4, -0.2) is 15.9 Å². The highest BCUT2D eigenvalue weighted by atomic mass is 16.3. The van der Waals surface area contributed by atoms with Crippen LogP contribution in [0.5, 0.6) is 5.75 Å². The molecule has 0 fully saturated rings. The van der Waals surface area contributed by atoms with Crippen LogP contribution in [0, 0.1) is 22.7 Å². The Morgan fingerprint density at radius 2 is 1.52 bits per heavy atom. The molecule has 5 heteroatoms. The number of carbonyl (C=O) groups is 1. The molecule has 0 atom stereocenters. The molecule has 1 N–H and O–H groups in total. The van der Waals surface area contributed by atoms with Crippen LogP contribution in [-0.2, 0) is 0 Å². The Morgan fingerprint density at radius 3 is 2.28 bits per heavy atom. The number of aromatic hydroxyl groups is 1. The van der Waals surface area contributed by atoms with Crippen LogP contribution in [0.25, 0.3) is 22.4 Å². The van der Waals surface area contributed by atoms with Crippen LogP contribution in [0.1, 0.15) is 27.0 Å². The van der Waals surface area contributed by atoms with Gasteiger partial charge < -0.3 is 5.11 Å². The lowest BCUT2D eigenvalue weighted by atomic mass is 9.91. The zero-order chi connectivity index (χ0) is 20.1. The predicted molar refractivity (Wildman–Crippen MR) is 106 cm³/mol. The first-order chi connectivity index (χ1) is 14.2. The number of phenols is 1. The van der Waals surface area contributed by atoms with Gasteiger partial charge in [-0.15, -0.1) is 0 Å². The molecule has 2 aliphatic carbocycles. The lowest BCUT2D eigenvalue weighted by Gasteiger charge is -2.09. The molecule has 1 aromatic heterocycles. The fourth-order valence-corrected chi connectivity index (χ4v) is 4.14. The molecular weight excluding hydrogens is 362 g/mol. The van der Waals surface area contributed by atoms with Crippen LogP contribution in [0.3, 0.4) is 0 Å². The molecule has 5 rings (SSSR count). The maximum atomic E-state index is 13.4. The average molecular weight is 373 g/mol. The number of ketones is 1. The van der Waals surface area contributed by atoms with E-state index >= 15 is 0 Å². The predicted octanol–water partition coefficient (Wildman–Crippen LogP) is 4.27. The second-order valence-electron chi connectivity index (χ2n) is 6.70. The number of allylic oxidation sites excluding steroid dienone is 3. The van der Waals surface area contributed by atoms with Gasteiger partial charge in [0.15, 0.2) is 5.78 Å². The molecule has 0 spiro atoms. The second kappa shape index (κ2) is 6.02. The van der Waals surface area contributed by atoms with E-state index in [-0.39, 0.29) is 17.1 Å². The molecule has 0 aliphatic heterocycles. The van der Waals surface area contributed by atoms with Gasteiger partial charge in [0.05, 0.1) is 11.3 Å². The van der Waals surface area contributed by atoms with Gasteiger partial charge in [0, 0.05) is 34.0 Å². The monoisotopic (exact) mass is 373 g/mol. The first-order valence-corrected chi connectivity index (χ1v) is 8.88. The van der Waals surface area contributed by atoms with Crippen LogP contribution in [0.4, 0.5) is 0 Å². The molecule has 0 radical (unpaired) electrons. The van der Waals surface area contributed by atoms with E-state index in [1.807, 2.05) is 24.3 Å². The van der Waals surface area contributed by atoms with E-state index < -0.39 is 0 Å². The fourth-order valence-electron chi connectivity index (χ4n) is 4.14. The molecule has 2 aromatic carbocycles. The van der Waals surface area contributed by atoms with Crippen molar-refractivity contribution in [2.75, 3.05) is 0 Å². The summed E-state index contributed by atoms with van der Waals surface area (Å²) >= 11 is 0. The van der Waals surface area contributed by atoms with Gasteiger partial charge in [-0.05, 0) is 23.3 Å². The molecule has 1 heterocycles. The number of rotatable bonds is 0. The Bertz CT molecular complexity index is 1380. The van der Waals surface area contributed by atoms with Crippen molar-refractivity contribution in [3.63, 3.8) is 0 Å². The first-order valence-electron chi connectivity index (χ1n) is 8.88. The summed E-state index contributed by atoms with van der Waals surface area (Å²) in [5, 5.41) is 29.6. The summed E-state index contributed by atoms with van der Waals surface area (Å²) in [7, 11) is 0. The molecule has 0 saturated carbocycles. The summed E-state index contributed by atoms with van der Waals surface area (Å²) in [5.74, 6) is -0.188. The number of benzene rings is 2. The Hall–Kier alpha value is -4.48. The van der Waals surface area contributed by atoms with Gasteiger partial charge in [0.2, 0.25) is 0 Å². The zero-order valence-electron chi connectivity index (χ0n) is 15.0. The Balaban J connectivity index is 1.99. The zero-order valence-corrected chi connectivity index (χ0v) is 15.0. The number of aromatic nitrogens is 1. The van der Waals surface area contributed by atoms with Crippen LogP contribution in [0.2, 0.25) is 0 Å². The summed E-state index contributed by atoms with van der Waals surface area (Å²) in [6, 6.07) is 19.5. The average Bonchev–Trinajstić information content (AvgIpc) is 3.23. The minimum Gasteiger partial charge on any atom is -0.507 e. The molecular formula is C24H11N3O2. The number of phenolic OH excluding ortho intramolecular Hbond substituents is 1. The van der Waals surface area contributed by atoms with Gasteiger partial charge in [-0.3, -0.25) is 9.78 Å². The van der Waals surface area contributed by atoms with Crippen molar-refractivity contribution < 1.29 is 9.90 Å². The molecule has 134 valence electrons. The van der Waals surface area contributed by atoms with Gasteiger partial charge in [0.25, 0.3) is 0 Å². The van der Waals surface area contributed by atoms with Crippen LogP contribution < -0.4 is 0 Å². The maximum Gasteiger partial charge on any atom is 0.194 e. The standard InChI is InChI=1S/C24H11N3O2/c25-11-13(12-26)19-14-5-1-2-6-15(14)24(29)22(19)20-16-7-3-9-18(28)21(16)23-17(20)8-4-10-27-23/h1-10,28H/b22-20-. The number of Topliss-reactive ketones (excluding diaryl/α,β-unsaturated/α-hetero) is 1. The van der Waals surface area contributed by atoms with Crippen molar-refractivity contribution in [1.29, 1.82) is 10.5 Å². The lowest BCUT2D eigenvalue weighted by Crippen LogP contribution is -2.01. The highest BCUT2D eigenvalue weighted by Crippen LogP contribution is 2.52. The SMILES string of the molecule is N#CC(C#N)=C1/C(=C2/c3cccnc3-c3c(O)cccc32)C(=O)c2ccccc21. The maximum absolute atomic E-state index is 13.4. The van der Waals surface area contributed by atoms with E-state index in [1.165, 1.54) is 0 Å². The van der Waals surface area contributed by atoms with Crippen molar-refractivity contribution in [3.05, 3.63) is 94.2 Å². The summed E-state index contributed by atoms with van der Waals surface area (Å²) in [4.78, 5) is 17.9. The third kappa shape index (κ3) is 2.13. The Kier molecular flexibility index (Phi) is 3.46. The van der Waals surface area contributed by atoms with E-state index in [4.69, 9.17) is 0 Å². The Labute approximate surface area is 166 Å². The Morgan fingerprint density at radius 1 is 0.828 bits per heavy atom. The van der Waals surface area contributed by atoms with Crippen molar-refractivity contribution in [1.82, 2.24) is 4.98 Å². The lowest BCUT2D eigenvalue weighted by molar-refractivity contribution is 0.104. The molecule has 29 heavy (non-hydrogen) atoms. The number of carbonyl (C=O) groups excluding carboxylic acids is 1. The normalized spacial score (nSPS) is 15.9. The largest absolute Gasteiger partial charge is 0.507 e. The van der Waals surface area contributed by atoms with Crippen molar-refractivity contribution in [2.45, 2.75) is 0 Å². The van der Waals surface area contributed by atoms with Gasteiger partial charge in [-0.1, -0.05) is 42.5 Å². The minimum atomic E-state index is -0.250. The number of nitrogens with zero attached hydrogens (tertiary/aromatic N) is 3. The third-order valence-corrected chi connectivity index (χ3v) is 5.27. The van der Waals surface area contributed by atoms with E-state index in [9.17, 15) is 20.4 Å². The van der Waals surface area contributed by atoms with Gasteiger partial charge >= 0.3 is 0 Å². The second-order valence-corrected chi connectivity index (χ2v) is 6.70. The van der Waals surface area contributed by atoms with Gasteiger partial charge in [-0.25, -0.2) is 0 Å².